The normalized spacial score (nSPS) is 14.4. The Morgan fingerprint density at radius 2 is 2.00 bits per heavy atom. The van der Waals surface area contributed by atoms with Crippen LogP contribution in [0.25, 0.3) is 0 Å². The third-order valence-electron chi connectivity index (χ3n) is 2.50. The number of hydrogen-bond donors (Lipinski definition) is 1. The molecule has 0 radical (unpaired) electrons. The third kappa shape index (κ3) is 4.32. The molecular weight excluding hydrogens is 259 g/mol. The van der Waals surface area contributed by atoms with Crippen molar-refractivity contribution < 1.29 is 9.84 Å². The van der Waals surface area contributed by atoms with Crippen LogP contribution in [0.15, 0.2) is 30.9 Å². The summed E-state index contributed by atoms with van der Waals surface area (Å²) < 4.78 is 5.54. The molecule has 1 aromatic carbocycles. The molecule has 0 amide bonds. The van der Waals surface area contributed by atoms with Crippen molar-refractivity contribution in [1.29, 1.82) is 0 Å². The number of aliphatic hydroxyl groups is 1. The number of benzene rings is 1. The van der Waals surface area contributed by atoms with E-state index in [0.29, 0.717) is 16.5 Å². The van der Waals surface area contributed by atoms with Gasteiger partial charge in [-0.05, 0) is 25.5 Å². The number of aliphatic hydroxyl groups excluding tert-OH is 1. The highest BCUT2D eigenvalue weighted by molar-refractivity contribution is 6.35. The maximum Gasteiger partial charge on any atom is 0.0833 e. The first-order valence-electron chi connectivity index (χ1n) is 5.39. The highest BCUT2D eigenvalue weighted by Gasteiger charge is 2.14. The number of halogens is 2. The Morgan fingerprint density at radius 1 is 1.41 bits per heavy atom. The van der Waals surface area contributed by atoms with Crippen molar-refractivity contribution in [2.75, 3.05) is 0 Å². The predicted molar refractivity (Wildman–Crippen MR) is 71.5 cm³/mol. The summed E-state index contributed by atoms with van der Waals surface area (Å²) in [4.78, 5) is 0. The van der Waals surface area contributed by atoms with E-state index in [0.717, 1.165) is 5.56 Å². The van der Waals surface area contributed by atoms with Crippen LogP contribution in [0.3, 0.4) is 0 Å². The van der Waals surface area contributed by atoms with Gasteiger partial charge in [0.2, 0.25) is 0 Å². The summed E-state index contributed by atoms with van der Waals surface area (Å²) in [5.41, 5.74) is 0.744. The van der Waals surface area contributed by atoms with Gasteiger partial charge in [0.25, 0.3) is 0 Å². The molecule has 0 unspecified atom stereocenters. The maximum absolute atomic E-state index is 9.67. The fourth-order valence-corrected chi connectivity index (χ4v) is 1.87. The quantitative estimate of drug-likeness (QED) is 0.799. The average Bonchev–Trinajstić information content (AvgIpc) is 2.28. The molecule has 1 N–H and O–H groups in total. The van der Waals surface area contributed by atoms with Gasteiger partial charge >= 0.3 is 0 Å². The molecule has 2 atom stereocenters. The van der Waals surface area contributed by atoms with E-state index < -0.39 is 6.10 Å². The van der Waals surface area contributed by atoms with E-state index in [4.69, 9.17) is 27.9 Å². The summed E-state index contributed by atoms with van der Waals surface area (Å²) in [6.07, 6.45) is 1.30. The second-order valence-corrected chi connectivity index (χ2v) is 4.62. The lowest BCUT2D eigenvalue weighted by Gasteiger charge is -2.19. The number of ether oxygens (including phenoxy) is 1. The van der Waals surface area contributed by atoms with Crippen LogP contribution in [-0.2, 0) is 11.3 Å². The van der Waals surface area contributed by atoms with Crippen LogP contribution in [0.1, 0.15) is 18.9 Å². The van der Waals surface area contributed by atoms with Crippen LogP contribution in [0.4, 0.5) is 0 Å². The van der Waals surface area contributed by atoms with E-state index in [1.165, 1.54) is 0 Å². The van der Waals surface area contributed by atoms with Gasteiger partial charge in [0.05, 0.1) is 18.8 Å². The molecule has 2 nitrogen and oxygen atoms in total. The lowest BCUT2D eigenvalue weighted by atomic mass is 10.1. The van der Waals surface area contributed by atoms with Gasteiger partial charge in [-0.15, -0.1) is 6.58 Å². The van der Waals surface area contributed by atoms with E-state index in [-0.39, 0.29) is 12.7 Å². The van der Waals surface area contributed by atoms with Gasteiger partial charge in [0, 0.05) is 15.6 Å². The minimum atomic E-state index is -0.561. The smallest absolute Gasteiger partial charge is 0.0833 e. The summed E-state index contributed by atoms with van der Waals surface area (Å²) in [5.74, 6) is 0. The van der Waals surface area contributed by atoms with Gasteiger partial charge in [-0.1, -0.05) is 35.3 Å². The van der Waals surface area contributed by atoms with E-state index >= 15 is 0 Å². The summed E-state index contributed by atoms with van der Waals surface area (Å²) in [6, 6.07) is 5.30. The zero-order valence-corrected chi connectivity index (χ0v) is 11.2. The molecule has 0 aliphatic rings. The fourth-order valence-electron chi connectivity index (χ4n) is 1.36. The van der Waals surface area contributed by atoms with E-state index in [1.54, 1.807) is 31.2 Å². The largest absolute Gasteiger partial charge is 0.390 e. The van der Waals surface area contributed by atoms with Crippen molar-refractivity contribution in [3.8, 4) is 0 Å². The van der Waals surface area contributed by atoms with Crippen molar-refractivity contribution in [3.63, 3.8) is 0 Å². The number of rotatable bonds is 6. The fraction of sp³-hybridized carbons (Fsp3) is 0.385. The molecule has 0 saturated heterocycles. The Bertz CT molecular complexity index is 359. The molecule has 0 saturated carbocycles. The summed E-state index contributed by atoms with van der Waals surface area (Å²) >= 11 is 12.0. The van der Waals surface area contributed by atoms with Gasteiger partial charge in [-0.3, -0.25) is 0 Å². The summed E-state index contributed by atoms with van der Waals surface area (Å²) in [5, 5.41) is 10.8. The molecule has 0 aromatic heterocycles. The van der Waals surface area contributed by atoms with Crippen LogP contribution in [0, 0.1) is 0 Å². The van der Waals surface area contributed by atoms with Crippen LogP contribution in [0.2, 0.25) is 10.0 Å². The average molecular weight is 275 g/mol. The molecule has 1 aromatic rings. The Morgan fingerprint density at radius 3 is 2.53 bits per heavy atom. The van der Waals surface area contributed by atoms with E-state index in [9.17, 15) is 5.11 Å². The summed E-state index contributed by atoms with van der Waals surface area (Å²) in [6.45, 7) is 5.66. The molecule has 0 fully saturated rings. The predicted octanol–water partition coefficient (Wildman–Crippen LogP) is 3.84. The highest BCUT2D eigenvalue weighted by atomic mass is 35.5. The molecule has 0 spiro atoms. The van der Waals surface area contributed by atoms with Crippen molar-refractivity contribution in [1.82, 2.24) is 0 Å². The van der Waals surface area contributed by atoms with Crippen molar-refractivity contribution in [2.45, 2.75) is 32.2 Å². The minimum Gasteiger partial charge on any atom is -0.390 e. The molecule has 1 rings (SSSR count). The SMILES string of the molecule is C=CC[C@H](O)[C@H](C)OCc1c(Cl)cccc1Cl. The number of hydrogen-bond acceptors (Lipinski definition) is 2. The first-order chi connectivity index (χ1) is 8.06. The minimum absolute atomic E-state index is 0.286. The molecule has 17 heavy (non-hydrogen) atoms. The molecule has 0 aliphatic carbocycles. The lowest BCUT2D eigenvalue weighted by Crippen LogP contribution is -2.25. The van der Waals surface area contributed by atoms with Gasteiger partial charge in [0.15, 0.2) is 0 Å². The summed E-state index contributed by atoms with van der Waals surface area (Å²) in [7, 11) is 0. The molecule has 0 bridgehead atoms. The molecule has 0 aliphatic heterocycles. The van der Waals surface area contributed by atoms with E-state index in [1.807, 2.05) is 0 Å². The first-order valence-corrected chi connectivity index (χ1v) is 6.15. The Kier molecular flexibility index (Phi) is 6.00. The van der Waals surface area contributed by atoms with Crippen LogP contribution >= 0.6 is 23.2 Å². The Labute approximate surface area is 112 Å². The molecule has 94 valence electrons. The Balaban J connectivity index is 2.58. The molecule has 0 heterocycles. The van der Waals surface area contributed by atoms with Crippen molar-refractivity contribution in [3.05, 3.63) is 46.5 Å². The van der Waals surface area contributed by atoms with Crippen LogP contribution in [-0.4, -0.2) is 17.3 Å². The van der Waals surface area contributed by atoms with E-state index in [2.05, 4.69) is 6.58 Å². The topological polar surface area (TPSA) is 29.5 Å². The van der Waals surface area contributed by atoms with Gasteiger partial charge in [-0.25, -0.2) is 0 Å². The third-order valence-corrected chi connectivity index (χ3v) is 3.21. The van der Waals surface area contributed by atoms with Gasteiger partial charge < -0.3 is 9.84 Å². The molecule has 4 heteroatoms. The van der Waals surface area contributed by atoms with Gasteiger partial charge in [-0.2, -0.15) is 0 Å². The standard InChI is InChI=1S/C13H16Cl2O2/c1-3-5-13(16)9(2)17-8-10-11(14)6-4-7-12(10)15/h3-4,6-7,9,13,16H,1,5,8H2,2H3/t9-,13-/m0/s1. The Hall–Kier alpha value is -0.540. The first kappa shape index (κ1) is 14.5. The zero-order chi connectivity index (χ0) is 12.8. The van der Waals surface area contributed by atoms with Crippen molar-refractivity contribution >= 4 is 23.2 Å². The highest BCUT2D eigenvalue weighted by Crippen LogP contribution is 2.25. The van der Waals surface area contributed by atoms with Crippen LogP contribution in [0.5, 0.6) is 0 Å². The lowest BCUT2D eigenvalue weighted by molar-refractivity contribution is -0.0332. The molecular formula is C13H16Cl2O2. The monoisotopic (exact) mass is 274 g/mol. The second kappa shape index (κ2) is 7.02. The maximum atomic E-state index is 9.67. The van der Waals surface area contributed by atoms with Crippen LogP contribution < -0.4 is 0 Å². The zero-order valence-electron chi connectivity index (χ0n) is 9.70. The van der Waals surface area contributed by atoms with Gasteiger partial charge in [0.1, 0.15) is 0 Å². The van der Waals surface area contributed by atoms with Crippen molar-refractivity contribution in [2.24, 2.45) is 0 Å². The second-order valence-electron chi connectivity index (χ2n) is 3.81.